The highest BCUT2D eigenvalue weighted by Gasteiger charge is 2.28. The molecule has 1 aliphatic heterocycles. The predicted octanol–water partition coefficient (Wildman–Crippen LogP) is 4.63. The van der Waals surface area contributed by atoms with Crippen LogP contribution in [0.3, 0.4) is 0 Å². The summed E-state index contributed by atoms with van der Waals surface area (Å²) in [6.07, 6.45) is 1.27. The number of anilines is 1. The minimum atomic E-state index is -0.867. The molecule has 0 aliphatic carbocycles. The molecule has 0 saturated carbocycles. The van der Waals surface area contributed by atoms with Crippen LogP contribution >= 0.6 is 11.6 Å². The zero-order chi connectivity index (χ0) is 19.3. The lowest BCUT2D eigenvalue weighted by Gasteiger charge is -2.31. The van der Waals surface area contributed by atoms with Crippen LogP contribution in [0, 0.1) is 19.3 Å². The summed E-state index contributed by atoms with van der Waals surface area (Å²) < 4.78 is 2.27. The summed E-state index contributed by atoms with van der Waals surface area (Å²) in [5.74, 6) is -0.867. The Balaban J connectivity index is 2.16. The predicted molar refractivity (Wildman–Crippen MR) is 109 cm³/mol. The smallest absolute Gasteiger partial charge is 0.307 e. The van der Waals surface area contributed by atoms with Crippen molar-refractivity contribution in [3.63, 3.8) is 0 Å². The first kappa shape index (κ1) is 17.6. The molecule has 0 bridgehead atoms. The Morgan fingerprint density at radius 2 is 1.96 bits per heavy atom. The lowest BCUT2D eigenvalue weighted by molar-refractivity contribution is -0.136. The zero-order valence-electron chi connectivity index (χ0n) is 15.2. The fraction of sp³-hybridized carbons (Fsp3) is 0.238. The number of halogens is 1. The molecule has 4 rings (SSSR count). The third-order valence-electron chi connectivity index (χ3n) is 5.38. The average Bonchev–Trinajstić information content (AvgIpc) is 2.97. The summed E-state index contributed by atoms with van der Waals surface area (Å²) in [6, 6.07) is 9.66. The largest absolute Gasteiger partial charge is 0.481 e. The molecule has 0 spiro atoms. The summed E-state index contributed by atoms with van der Waals surface area (Å²) in [5, 5.41) is 19.0. The lowest BCUT2D eigenvalue weighted by Crippen LogP contribution is -2.31. The van der Waals surface area contributed by atoms with Crippen molar-refractivity contribution < 1.29 is 9.90 Å². The van der Waals surface area contributed by atoms with Gasteiger partial charge in [0.25, 0.3) is 0 Å². The Hall–Kier alpha value is -2.79. The van der Waals surface area contributed by atoms with Crippen LogP contribution in [0.15, 0.2) is 30.3 Å². The van der Waals surface area contributed by atoms with Gasteiger partial charge in [-0.2, -0.15) is 0 Å². The molecule has 1 aliphatic rings. The normalized spacial score (nSPS) is 13.2. The molecule has 3 aromatic rings. The highest BCUT2D eigenvalue weighted by molar-refractivity contribution is 6.30. The van der Waals surface area contributed by atoms with E-state index in [9.17, 15) is 9.90 Å². The van der Waals surface area contributed by atoms with Gasteiger partial charge in [-0.05, 0) is 54.3 Å². The minimum absolute atomic E-state index is 0.0667. The molecule has 27 heavy (non-hydrogen) atoms. The molecule has 6 heteroatoms. The number of aliphatic carboxylic acids is 1. The van der Waals surface area contributed by atoms with Crippen LogP contribution in [0.2, 0.25) is 5.02 Å². The molecule has 138 valence electrons. The van der Waals surface area contributed by atoms with Crippen molar-refractivity contribution in [3.05, 3.63) is 52.2 Å². The maximum absolute atomic E-state index is 11.6. The van der Waals surface area contributed by atoms with E-state index in [4.69, 9.17) is 17.0 Å². The van der Waals surface area contributed by atoms with Crippen LogP contribution in [0.5, 0.6) is 0 Å². The third-order valence-corrected chi connectivity index (χ3v) is 5.63. The fourth-order valence-corrected chi connectivity index (χ4v) is 4.33. The van der Waals surface area contributed by atoms with Crippen LogP contribution < -0.4 is 4.90 Å². The van der Waals surface area contributed by atoms with Crippen LogP contribution in [0.25, 0.3) is 22.0 Å². The number of rotatable bonds is 4. The van der Waals surface area contributed by atoms with Crippen LogP contribution in [-0.2, 0) is 17.8 Å². The maximum Gasteiger partial charge on any atom is 0.307 e. The molecule has 0 fully saturated rings. The van der Waals surface area contributed by atoms with E-state index in [1.54, 1.807) is 0 Å². The van der Waals surface area contributed by atoms with Gasteiger partial charge in [0.05, 0.1) is 24.0 Å². The second-order valence-corrected chi connectivity index (χ2v) is 7.36. The first-order chi connectivity index (χ1) is 12.9. The molecule has 5 nitrogen and oxygen atoms in total. The summed E-state index contributed by atoms with van der Waals surface area (Å²) >= 11 is 6.07. The van der Waals surface area contributed by atoms with Crippen LogP contribution in [-0.4, -0.2) is 28.5 Å². The average molecular weight is 382 g/mol. The van der Waals surface area contributed by atoms with Crippen LogP contribution in [0.1, 0.15) is 16.8 Å². The van der Waals surface area contributed by atoms with Crippen molar-refractivity contribution >= 4 is 40.5 Å². The molecule has 2 N–H and O–H groups in total. The van der Waals surface area contributed by atoms with Crippen molar-refractivity contribution in [2.75, 3.05) is 11.4 Å². The van der Waals surface area contributed by atoms with Crippen molar-refractivity contribution in [3.8, 4) is 11.1 Å². The van der Waals surface area contributed by atoms with Gasteiger partial charge in [0.15, 0.2) is 0 Å². The van der Waals surface area contributed by atoms with Crippen LogP contribution in [0.4, 0.5) is 5.69 Å². The first-order valence-electron chi connectivity index (χ1n) is 8.82. The second kappa shape index (κ2) is 6.43. The number of nitrogens with zero attached hydrogens (tertiary/aromatic N) is 2. The van der Waals surface area contributed by atoms with Gasteiger partial charge in [-0.3, -0.25) is 10.2 Å². The van der Waals surface area contributed by atoms with E-state index in [-0.39, 0.29) is 6.42 Å². The first-order valence-corrected chi connectivity index (χ1v) is 9.20. The fourth-order valence-electron chi connectivity index (χ4n) is 4.20. The quantitative estimate of drug-likeness (QED) is 0.511. The lowest BCUT2D eigenvalue weighted by atomic mass is 9.89. The van der Waals surface area contributed by atoms with E-state index in [1.165, 1.54) is 6.34 Å². The Kier molecular flexibility index (Phi) is 4.19. The standard InChI is InChI=1S/C21H20ClN3O2/c1-12-9-17-19(14-3-5-15(22)6-4-14)16(10-18(26)27)13(2)20-21(17)25(12)8-7-24(20)11-23/h3-6,9,11,23H,7-8,10H2,1-2H3,(H,26,27). The van der Waals surface area contributed by atoms with Crippen molar-refractivity contribution in [2.24, 2.45) is 0 Å². The molecular formula is C21H20ClN3O2. The molecule has 0 amide bonds. The van der Waals surface area contributed by atoms with Crippen molar-refractivity contribution in [2.45, 2.75) is 26.8 Å². The number of carbonyl (C=O) groups is 1. The summed E-state index contributed by atoms with van der Waals surface area (Å²) in [6.45, 7) is 5.53. The number of carboxylic acids is 1. The van der Waals surface area contributed by atoms with E-state index in [2.05, 4.69) is 17.6 Å². The van der Waals surface area contributed by atoms with Crippen molar-refractivity contribution in [1.82, 2.24) is 4.57 Å². The molecule has 0 radical (unpaired) electrons. The highest BCUT2D eigenvalue weighted by Crippen LogP contribution is 2.44. The Morgan fingerprint density at radius 1 is 1.26 bits per heavy atom. The zero-order valence-corrected chi connectivity index (χ0v) is 16.0. The molecule has 1 aromatic heterocycles. The summed E-state index contributed by atoms with van der Waals surface area (Å²) in [4.78, 5) is 13.6. The molecule has 0 saturated heterocycles. The maximum atomic E-state index is 11.6. The van der Waals surface area contributed by atoms with E-state index in [0.717, 1.165) is 51.1 Å². The second-order valence-electron chi connectivity index (χ2n) is 6.93. The third kappa shape index (κ3) is 2.70. The highest BCUT2D eigenvalue weighted by atomic mass is 35.5. The van der Waals surface area contributed by atoms with E-state index < -0.39 is 5.97 Å². The molecule has 2 heterocycles. The monoisotopic (exact) mass is 381 g/mol. The number of benzene rings is 2. The Bertz CT molecular complexity index is 1080. The summed E-state index contributed by atoms with van der Waals surface area (Å²) in [5.41, 5.74) is 6.74. The number of aromatic nitrogens is 1. The van der Waals surface area contributed by atoms with Gasteiger partial charge in [-0.25, -0.2) is 0 Å². The minimum Gasteiger partial charge on any atom is -0.481 e. The number of hydrogen-bond acceptors (Lipinski definition) is 2. The Labute approximate surface area is 162 Å². The summed E-state index contributed by atoms with van der Waals surface area (Å²) in [7, 11) is 0. The van der Waals surface area contributed by atoms with Gasteiger partial charge in [0, 0.05) is 29.2 Å². The SMILES string of the molecule is Cc1c(CC(=O)O)c(-c2ccc(Cl)cc2)c2cc(C)n3c2c1N(C=N)CC3. The van der Waals surface area contributed by atoms with Gasteiger partial charge in [0.2, 0.25) is 0 Å². The topological polar surface area (TPSA) is 69.3 Å². The van der Waals surface area contributed by atoms with E-state index in [0.29, 0.717) is 11.6 Å². The van der Waals surface area contributed by atoms with Crippen molar-refractivity contribution in [1.29, 1.82) is 5.41 Å². The molecule has 2 aromatic carbocycles. The van der Waals surface area contributed by atoms with Gasteiger partial charge in [-0.1, -0.05) is 23.7 Å². The van der Waals surface area contributed by atoms with Gasteiger partial charge in [-0.15, -0.1) is 0 Å². The van der Waals surface area contributed by atoms with Gasteiger partial charge < -0.3 is 14.6 Å². The van der Waals surface area contributed by atoms with Gasteiger partial charge in [0.1, 0.15) is 0 Å². The van der Waals surface area contributed by atoms with Gasteiger partial charge >= 0.3 is 5.97 Å². The number of carboxylic acid groups (broad SMARTS) is 1. The number of nitrogens with one attached hydrogen (secondary N) is 1. The molecular weight excluding hydrogens is 362 g/mol. The number of hydrogen-bond donors (Lipinski definition) is 2. The number of aryl methyl sites for hydroxylation is 1. The Morgan fingerprint density at radius 3 is 2.59 bits per heavy atom. The molecule has 0 unspecified atom stereocenters. The van der Waals surface area contributed by atoms with E-state index in [1.807, 2.05) is 36.1 Å². The molecule has 0 atom stereocenters. The van der Waals surface area contributed by atoms with E-state index >= 15 is 0 Å².